The SMILES string of the molecule is Brc1scc(-c2csc(Br)c2Br)c1Br. The van der Waals surface area contributed by atoms with Gasteiger partial charge in [-0.2, -0.15) is 0 Å². The standard InChI is InChI=1S/C8H2Br4S2/c9-5-3(1-13-7(5)11)4-2-14-8(12)6(4)10/h1-2H. The maximum Gasteiger partial charge on any atom is 0.0846 e. The van der Waals surface area contributed by atoms with Crippen LogP contribution in [0.25, 0.3) is 11.1 Å². The van der Waals surface area contributed by atoms with Crippen LogP contribution in [0.3, 0.4) is 0 Å². The molecule has 0 radical (unpaired) electrons. The molecule has 0 aliphatic rings. The highest BCUT2D eigenvalue weighted by molar-refractivity contribution is 9.14. The zero-order valence-corrected chi connectivity index (χ0v) is 14.5. The Balaban J connectivity index is 2.60. The second-order valence-electron chi connectivity index (χ2n) is 2.47. The summed E-state index contributed by atoms with van der Waals surface area (Å²) in [6.07, 6.45) is 0. The van der Waals surface area contributed by atoms with Crippen LogP contribution in [0.1, 0.15) is 0 Å². The number of rotatable bonds is 1. The molecule has 0 saturated carbocycles. The van der Waals surface area contributed by atoms with Crippen molar-refractivity contribution in [1.82, 2.24) is 0 Å². The molecule has 0 bridgehead atoms. The summed E-state index contributed by atoms with van der Waals surface area (Å²) in [4.78, 5) is 0. The van der Waals surface area contributed by atoms with Gasteiger partial charge in [-0.25, -0.2) is 0 Å². The summed E-state index contributed by atoms with van der Waals surface area (Å²) in [6, 6.07) is 0. The number of hydrogen-bond donors (Lipinski definition) is 0. The van der Waals surface area contributed by atoms with Gasteiger partial charge in [0.05, 0.1) is 16.5 Å². The summed E-state index contributed by atoms with van der Waals surface area (Å²) in [7, 11) is 0. The molecule has 0 saturated heterocycles. The molecule has 2 heterocycles. The fraction of sp³-hybridized carbons (Fsp3) is 0. The summed E-state index contributed by atoms with van der Waals surface area (Å²) < 4.78 is 4.49. The van der Waals surface area contributed by atoms with Crippen molar-refractivity contribution in [2.75, 3.05) is 0 Å². The topological polar surface area (TPSA) is 0 Å². The van der Waals surface area contributed by atoms with Gasteiger partial charge in [0.2, 0.25) is 0 Å². The minimum atomic E-state index is 1.12. The monoisotopic (exact) mass is 478 g/mol. The molecule has 0 fully saturated rings. The molecular weight excluding hydrogens is 480 g/mol. The van der Waals surface area contributed by atoms with E-state index in [2.05, 4.69) is 74.5 Å². The second-order valence-corrected chi connectivity index (χ2v) is 8.46. The van der Waals surface area contributed by atoms with E-state index in [1.807, 2.05) is 0 Å². The second kappa shape index (κ2) is 4.67. The molecule has 6 heteroatoms. The summed E-state index contributed by atoms with van der Waals surface area (Å²) >= 11 is 17.5. The number of thiophene rings is 2. The molecule has 2 aromatic heterocycles. The van der Waals surface area contributed by atoms with Gasteiger partial charge in [0.1, 0.15) is 0 Å². The van der Waals surface area contributed by atoms with Crippen molar-refractivity contribution in [1.29, 1.82) is 0 Å². The molecule has 0 spiro atoms. The van der Waals surface area contributed by atoms with Crippen LogP contribution in [0.4, 0.5) is 0 Å². The lowest BCUT2D eigenvalue weighted by Gasteiger charge is -1.96. The van der Waals surface area contributed by atoms with E-state index >= 15 is 0 Å². The normalized spacial score (nSPS) is 10.9. The molecule has 0 aromatic carbocycles. The number of halogens is 4. The Morgan fingerprint density at radius 1 is 0.714 bits per heavy atom. The quantitative estimate of drug-likeness (QED) is 0.434. The molecule has 0 unspecified atom stereocenters. The third-order valence-electron chi connectivity index (χ3n) is 1.67. The lowest BCUT2D eigenvalue weighted by atomic mass is 10.2. The summed E-state index contributed by atoms with van der Waals surface area (Å²) in [5.74, 6) is 0. The first-order chi connectivity index (χ1) is 6.61. The van der Waals surface area contributed by atoms with Crippen molar-refractivity contribution in [2.24, 2.45) is 0 Å². The van der Waals surface area contributed by atoms with E-state index < -0.39 is 0 Å². The van der Waals surface area contributed by atoms with Gasteiger partial charge in [-0.05, 0) is 63.7 Å². The van der Waals surface area contributed by atoms with E-state index in [0.717, 1.165) is 16.5 Å². The smallest absolute Gasteiger partial charge is 0.0846 e. The van der Waals surface area contributed by atoms with Gasteiger partial charge < -0.3 is 0 Å². The van der Waals surface area contributed by atoms with Gasteiger partial charge in [0, 0.05) is 21.9 Å². The highest BCUT2D eigenvalue weighted by Crippen LogP contribution is 2.45. The fourth-order valence-corrected chi connectivity index (χ4v) is 4.87. The van der Waals surface area contributed by atoms with Crippen LogP contribution in [0.2, 0.25) is 0 Å². The minimum Gasteiger partial charge on any atom is -0.135 e. The van der Waals surface area contributed by atoms with E-state index in [0.29, 0.717) is 0 Å². The van der Waals surface area contributed by atoms with Gasteiger partial charge in [-0.3, -0.25) is 0 Å². The van der Waals surface area contributed by atoms with E-state index in [4.69, 9.17) is 0 Å². The fourth-order valence-electron chi connectivity index (χ4n) is 1.00. The zero-order valence-electron chi connectivity index (χ0n) is 6.48. The van der Waals surface area contributed by atoms with Gasteiger partial charge >= 0.3 is 0 Å². The first kappa shape index (κ1) is 11.8. The van der Waals surface area contributed by atoms with Crippen LogP contribution >= 0.6 is 86.4 Å². The third-order valence-corrected chi connectivity index (χ3v) is 8.35. The van der Waals surface area contributed by atoms with Crippen molar-refractivity contribution in [3.8, 4) is 11.1 Å². The molecule has 74 valence electrons. The number of hydrogen-bond acceptors (Lipinski definition) is 2. The van der Waals surface area contributed by atoms with Crippen LogP contribution in [0, 0.1) is 0 Å². The molecular formula is C8H2Br4S2. The maximum absolute atomic E-state index is 3.56. The first-order valence-corrected chi connectivity index (χ1v) is 8.39. The molecule has 2 rings (SSSR count). The Hall–Kier alpha value is 1.32. The lowest BCUT2D eigenvalue weighted by Crippen LogP contribution is -1.71. The van der Waals surface area contributed by atoms with Crippen molar-refractivity contribution in [3.63, 3.8) is 0 Å². The summed E-state index contributed by atoms with van der Waals surface area (Å²) in [6.45, 7) is 0. The summed E-state index contributed by atoms with van der Waals surface area (Å²) in [5.41, 5.74) is 2.44. The van der Waals surface area contributed by atoms with Crippen molar-refractivity contribution < 1.29 is 0 Å². The van der Waals surface area contributed by atoms with Gasteiger partial charge in [0.15, 0.2) is 0 Å². The average Bonchev–Trinajstić information content (AvgIpc) is 2.63. The molecule has 0 aliphatic heterocycles. The van der Waals surface area contributed by atoms with E-state index in [1.165, 1.54) is 11.1 Å². The molecule has 0 aliphatic carbocycles. The van der Waals surface area contributed by atoms with Crippen LogP contribution in [-0.2, 0) is 0 Å². The molecule has 2 aromatic rings. The average molecular weight is 482 g/mol. The first-order valence-electron chi connectivity index (χ1n) is 3.46. The molecule has 0 nitrogen and oxygen atoms in total. The molecule has 0 N–H and O–H groups in total. The van der Waals surface area contributed by atoms with Crippen molar-refractivity contribution in [3.05, 3.63) is 27.3 Å². The predicted molar refractivity (Wildman–Crippen MR) is 78.4 cm³/mol. The molecule has 0 atom stereocenters. The van der Waals surface area contributed by atoms with Crippen LogP contribution in [0.5, 0.6) is 0 Å². The minimum absolute atomic E-state index is 1.12. The molecule has 0 amide bonds. The van der Waals surface area contributed by atoms with Crippen LogP contribution in [0.15, 0.2) is 27.3 Å². The van der Waals surface area contributed by atoms with Gasteiger partial charge in [-0.15, -0.1) is 22.7 Å². The van der Waals surface area contributed by atoms with Gasteiger partial charge in [0.25, 0.3) is 0 Å². The van der Waals surface area contributed by atoms with Crippen LogP contribution in [-0.4, -0.2) is 0 Å². The molecule has 14 heavy (non-hydrogen) atoms. The summed E-state index contributed by atoms with van der Waals surface area (Å²) in [5, 5.41) is 4.26. The highest BCUT2D eigenvalue weighted by atomic mass is 79.9. The highest BCUT2D eigenvalue weighted by Gasteiger charge is 2.14. The van der Waals surface area contributed by atoms with Crippen LogP contribution < -0.4 is 0 Å². The maximum atomic E-state index is 3.56. The van der Waals surface area contributed by atoms with E-state index in [-0.39, 0.29) is 0 Å². The predicted octanol–water partition coefficient (Wildman–Crippen LogP) is 6.53. The van der Waals surface area contributed by atoms with E-state index in [1.54, 1.807) is 22.7 Å². The van der Waals surface area contributed by atoms with Crippen molar-refractivity contribution >= 4 is 86.4 Å². The van der Waals surface area contributed by atoms with Gasteiger partial charge in [-0.1, -0.05) is 0 Å². The van der Waals surface area contributed by atoms with Crippen molar-refractivity contribution in [2.45, 2.75) is 0 Å². The van der Waals surface area contributed by atoms with E-state index in [9.17, 15) is 0 Å². The Labute approximate surface area is 123 Å². The Kier molecular flexibility index (Phi) is 3.94. The Morgan fingerprint density at radius 3 is 1.29 bits per heavy atom. The zero-order chi connectivity index (χ0) is 10.3. The lowest BCUT2D eigenvalue weighted by molar-refractivity contribution is 1.70. The Bertz CT molecular complexity index is 427. The Morgan fingerprint density at radius 2 is 1.07 bits per heavy atom. The largest absolute Gasteiger partial charge is 0.135 e. The third kappa shape index (κ3) is 2.06.